The van der Waals surface area contributed by atoms with Gasteiger partial charge in [-0.3, -0.25) is 25.2 Å². The Morgan fingerprint density at radius 2 is 1.70 bits per heavy atom. The number of benzene rings is 1. The molecule has 2 bridgehead atoms. The van der Waals surface area contributed by atoms with E-state index in [9.17, 15) is 19.5 Å². The summed E-state index contributed by atoms with van der Waals surface area (Å²) in [6, 6.07) is 3.46. The molecule has 4 atom stereocenters. The number of hydrogen-bond acceptors (Lipinski definition) is 4. The Labute approximate surface area is 162 Å². The van der Waals surface area contributed by atoms with Crippen LogP contribution in [0.5, 0.6) is 5.75 Å². The molecule has 0 heterocycles. The second kappa shape index (κ2) is 7.76. The van der Waals surface area contributed by atoms with Crippen molar-refractivity contribution in [3.8, 4) is 5.75 Å². The van der Waals surface area contributed by atoms with Crippen molar-refractivity contribution >= 4 is 29.4 Å². The smallest absolute Gasteiger partial charge is 0.307 e. The number of hydrazine groups is 1. The third kappa shape index (κ3) is 4.03. The molecule has 0 unspecified atom stereocenters. The second-order valence-corrected chi connectivity index (χ2v) is 7.80. The number of aryl methyl sites for hydroxylation is 2. The highest BCUT2D eigenvalue weighted by Gasteiger charge is 2.54. The average molecular weight is 395 g/mol. The molecular formula is C19H23ClN2O5. The largest absolute Gasteiger partial charge is 0.484 e. The number of nitrogens with one attached hydrogen (secondary N) is 2. The summed E-state index contributed by atoms with van der Waals surface area (Å²) < 4.78 is 5.43. The van der Waals surface area contributed by atoms with Gasteiger partial charge in [-0.2, -0.15) is 0 Å². The normalized spacial score (nSPS) is 25.9. The molecule has 0 radical (unpaired) electrons. The van der Waals surface area contributed by atoms with Crippen molar-refractivity contribution < 1.29 is 24.2 Å². The molecule has 2 saturated carbocycles. The SMILES string of the molecule is Cc1cc(OCC(=O)NNC(=O)[C@@H]2[C@H]3CC[C@@H](C3)[C@H]2C(=O)O)cc(C)c1Cl. The van der Waals surface area contributed by atoms with Crippen LogP contribution >= 0.6 is 11.6 Å². The van der Waals surface area contributed by atoms with Crippen LogP contribution in [-0.2, 0) is 14.4 Å². The predicted molar refractivity (Wildman–Crippen MR) is 98.2 cm³/mol. The first-order valence-electron chi connectivity index (χ1n) is 8.99. The van der Waals surface area contributed by atoms with Crippen LogP contribution in [-0.4, -0.2) is 29.5 Å². The number of halogens is 1. The summed E-state index contributed by atoms with van der Waals surface area (Å²) in [4.78, 5) is 35.9. The van der Waals surface area contributed by atoms with Gasteiger partial charge in [-0.1, -0.05) is 11.6 Å². The van der Waals surface area contributed by atoms with E-state index in [0.29, 0.717) is 10.8 Å². The van der Waals surface area contributed by atoms with Gasteiger partial charge in [0.2, 0.25) is 5.91 Å². The van der Waals surface area contributed by atoms with Crippen LogP contribution in [0.15, 0.2) is 12.1 Å². The van der Waals surface area contributed by atoms with Crippen molar-refractivity contribution in [3.05, 3.63) is 28.3 Å². The number of amides is 2. The van der Waals surface area contributed by atoms with Gasteiger partial charge in [-0.25, -0.2) is 0 Å². The van der Waals surface area contributed by atoms with Gasteiger partial charge < -0.3 is 9.84 Å². The average Bonchev–Trinajstić information content (AvgIpc) is 3.23. The Hall–Kier alpha value is -2.28. The number of fused-ring (bicyclic) bond motifs is 2. The number of carbonyl (C=O) groups is 3. The van der Waals surface area contributed by atoms with Crippen molar-refractivity contribution in [1.29, 1.82) is 0 Å². The van der Waals surface area contributed by atoms with E-state index in [4.69, 9.17) is 16.3 Å². The Balaban J connectivity index is 1.50. The van der Waals surface area contributed by atoms with Crippen molar-refractivity contribution in [2.75, 3.05) is 6.61 Å². The molecule has 2 amide bonds. The molecule has 1 aromatic rings. The number of rotatable bonds is 5. The van der Waals surface area contributed by atoms with Crippen LogP contribution in [0, 0.1) is 37.5 Å². The Morgan fingerprint density at radius 1 is 1.11 bits per heavy atom. The van der Waals surface area contributed by atoms with Gasteiger partial charge in [0.15, 0.2) is 6.61 Å². The predicted octanol–water partition coefficient (Wildman–Crippen LogP) is 2.23. The lowest BCUT2D eigenvalue weighted by molar-refractivity contribution is -0.150. The third-order valence-electron chi connectivity index (χ3n) is 5.61. The fourth-order valence-electron chi connectivity index (χ4n) is 4.41. The molecule has 7 nitrogen and oxygen atoms in total. The van der Waals surface area contributed by atoms with Gasteiger partial charge in [-0.15, -0.1) is 0 Å². The molecule has 0 aliphatic heterocycles. The van der Waals surface area contributed by atoms with Gasteiger partial charge in [0.05, 0.1) is 11.8 Å². The van der Waals surface area contributed by atoms with E-state index in [0.717, 1.165) is 30.4 Å². The number of carbonyl (C=O) groups excluding carboxylic acids is 2. The zero-order valence-electron chi connectivity index (χ0n) is 15.3. The number of ether oxygens (including phenoxy) is 1. The standard InChI is InChI=1S/C19H23ClN2O5/c1-9-5-13(6-10(2)17(9)20)27-8-14(23)21-22-18(24)15-11-3-4-12(7-11)16(15)19(25)26/h5-6,11-12,15-16H,3-4,7-8H2,1-2H3,(H,21,23)(H,22,24)(H,25,26)/t11-,12-,15+,16+/m0/s1. The Kier molecular flexibility index (Phi) is 5.60. The van der Waals surface area contributed by atoms with E-state index in [-0.39, 0.29) is 18.4 Å². The lowest BCUT2D eigenvalue weighted by Gasteiger charge is -2.26. The summed E-state index contributed by atoms with van der Waals surface area (Å²) in [5.74, 6) is -2.53. The minimum atomic E-state index is -0.939. The summed E-state index contributed by atoms with van der Waals surface area (Å²) in [5.41, 5.74) is 6.35. The molecule has 146 valence electrons. The molecule has 2 aliphatic carbocycles. The monoisotopic (exact) mass is 394 g/mol. The van der Waals surface area contributed by atoms with E-state index in [1.807, 2.05) is 13.8 Å². The molecule has 0 aromatic heterocycles. The van der Waals surface area contributed by atoms with Crippen LogP contribution in [0.3, 0.4) is 0 Å². The summed E-state index contributed by atoms with van der Waals surface area (Å²) in [5, 5.41) is 10.1. The van der Waals surface area contributed by atoms with E-state index in [2.05, 4.69) is 10.9 Å². The van der Waals surface area contributed by atoms with Crippen LogP contribution in [0.2, 0.25) is 5.02 Å². The molecular weight excluding hydrogens is 372 g/mol. The maximum atomic E-state index is 12.4. The van der Waals surface area contributed by atoms with Gasteiger partial charge in [0.25, 0.3) is 5.91 Å². The highest BCUT2D eigenvalue weighted by atomic mass is 35.5. The summed E-state index contributed by atoms with van der Waals surface area (Å²) >= 11 is 6.10. The highest BCUT2D eigenvalue weighted by Crippen LogP contribution is 2.52. The van der Waals surface area contributed by atoms with Crippen molar-refractivity contribution in [3.63, 3.8) is 0 Å². The molecule has 0 spiro atoms. The molecule has 2 fully saturated rings. The number of carboxylic acids is 1. The number of aliphatic carboxylic acids is 1. The summed E-state index contributed by atoms with van der Waals surface area (Å²) in [7, 11) is 0. The lowest BCUT2D eigenvalue weighted by atomic mass is 9.79. The number of carboxylic acid groups (broad SMARTS) is 1. The fourth-order valence-corrected chi connectivity index (χ4v) is 4.52. The van der Waals surface area contributed by atoms with E-state index < -0.39 is 29.6 Å². The lowest BCUT2D eigenvalue weighted by Crippen LogP contribution is -2.49. The second-order valence-electron chi connectivity index (χ2n) is 7.42. The molecule has 1 aromatic carbocycles. The minimum absolute atomic E-state index is 0.0543. The first-order valence-corrected chi connectivity index (χ1v) is 9.36. The zero-order valence-corrected chi connectivity index (χ0v) is 16.0. The van der Waals surface area contributed by atoms with Crippen LogP contribution in [0.25, 0.3) is 0 Å². The quantitative estimate of drug-likeness (QED) is 0.664. The van der Waals surface area contributed by atoms with E-state index in [1.165, 1.54) is 0 Å². The Bertz CT molecular complexity index is 758. The molecule has 0 saturated heterocycles. The first kappa shape index (κ1) is 19.5. The molecule has 3 rings (SSSR count). The summed E-state index contributed by atoms with van der Waals surface area (Å²) in [6.45, 7) is 3.41. The van der Waals surface area contributed by atoms with Gasteiger partial charge >= 0.3 is 5.97 Å². The zero-order chi connectivity index (χ0) is 19.7. The minimum Gasteiger partial charge on any atom is -0.484 e. The maximum Gasteiger partial charge on any atom is 0.307 e. The molecule has 8 heteroatoms. The third-order valence-corrected chi connectivity index (χ3v) is 6.21. The summed E-state index contributed by atoms with van der Waals surface area (Å²) in [6.07, 6.45) is 2.48. The number of hydrogen-bond donors (Lipinski definition) is 3. The van der Waals surface area contributed by atoms with E-state index >= 15 is 0 Å². The highest BCUT2D eigenvalue weighted by molar-refractivity contribution is 6.32. The topological polar surface area (TPSA) is 105 Å². The van der Waals surface area contributed by atoms with Crippen LogP contribution in [0.4, 0.5) is 0 Å². The first-order chi connectivity index (χ1) is 12.8. The van der Waals surface area contributed by atoms with Crippen molar-refractivity contribution in [2.45, 2.75) is 33.1 Å². The molecule has 3 N–H and O–H groups in total. The fraction of sp³-hybridized carbons (Fsp3) is 0.526. The van der Waals surface area contributed by atoms with Gasteiger partial charge in [0, 0.05) is 5.02 Å². The molecule has 27 heavy (non-hydrogen) atoms. The van der Waals surface area contributed by atoms with Crippen LogP contribution < -0.4 is 15.6 Å². The van der Waals surface area contributed by atoms with Gasteiger partial charge in [-0.05, 0) is 68.2 Å². The molecule has 2 aliphatic rings. The van der Waals surface area contributed by atoms with Crippen LogP contribution in [0.1, 0.15) is 30.4 Å². The maximum absolute atomic E-state index is 12.4. The Morgan fingerprint density at radius 3 is 2.30 bits per heavy atom. The van der Waals surface area contributed by atoms with Crippen molar-refractivity contribution in [1.82, 2.24) is 10.9 Å². The van der Waals surface area contributed by atoms with Crippen molar-refractivity contribution in [2.24, 2.45) is 23.7 Å². The van der Waals surface area contributed by atoms with E-state index in [1.54, 1.807) is 12.1 Å². The van der Waals surface area contributed by atoms with Gasteiger partial charge in [0.1, 0.15) is 5.75 Å².